The predicted molar refractivity (Wildman–Crippen MR) is 91.7 cm³/mol. The van der Waals surface area contributed by atoms with Gasteiger partial charge in [-0.1, -0.05) is 0 Å². The first-order chi connectivity index (χ1) is 11.8. The molecule has 6 nitrogen and oxygen atoms in total. The molecule has 1 atom stereocenters. The second-order valence-electron chi connectivity index (χ2n) is 6.11. The summed E-state index contributed by atoms with van der Waals surface area (Å²) in [6.45, 7) is 4.06. The lowest BCUT2D eigenvalue weighted by Gasteiger charge is -2.38. The second-order valence-corrected chi connectivity index (χ2v) is 7.11. The molecule has 0 saturated carbocycles. The maximum Gasteiger partial charge on any atom is 0.266 e. The van der Waals surface area contributed by atoms with Gasteiger partial charge < -0.3 is 15.4 Å². The molecule has 25 heavy (non-hydrogen) atoms. The summed E-state index contributed by atoms with van der Waals surface area (Å²) in [7, 11) is 0. The molecule has 1 saturated heterocycles. The fourth-order valence-electron chi connectivity index (χ4n) is 2.65. The highest BCUT2D eigenvalue weighted by molar-refractivity contribution is 7.17. The van der Waals surface area contributed by atoms with Gasteiger partial charge in [-0.3, -0.25) is 9.59 Å². The highest BCUT2D eigenvalue weighted by Gasteiger charge is 2.40. The van der Waals surface area contributed by atoms with Crippen LogP contribution in [-0.2, 0) is 9.53 Å². The fourth-order valence-corrected chi connectivity index (χ4v) is 3.69. The molecule has 2 N–H and O–H groups in total. The summed E-state index contributed by atoms with van der Waals surface area (Å²) in [6, 6.07) is 5.96. The van der Waals surface area contributed by atoms with Crippen molar-refractivity contribution in [1.82, 2.24) is 9.88 Å². The first kappa shape index (κ1) is 17.5. The molecule has 1 aliphatic heterocycles. The number of benzene rings is 1. The number of rotatable bonds is 3. The SMILES string of the molecule is Cc1nc(-c2ccc(F)cc2)sc1C(=O)N1CCOC(C)(C(N)=O)C1. The summed E-state index contributed by atoms with van der Waals surface area (Å²) < 4.78 is 18.5. The number of aromatic nitrogens is 1. The minimum absolute atomic E-state index is 0.102. The number of ether oxygens (including phenoxy) is 1. The van der Waals surface area contributed by atoms with Crippen LogP contribution in [0, 0.1) is 12.7 Å². The lowest BCUT2D eigenvalue weighted by Crippen LogP contribution is -2.58. The number of carbonyl (C=O) groups is 2. The molecule has 1 aromatic carbocycles. The third kappa shape index (κ3) is 3.40. The van der Waals surface area contributed by atoms with Gasteiger partial charge in [0, 0.05) is 12.1 Å². The number of nitrogens with zero attached hydrogens (tertiary/aromatic N) is 2. The van der Waals surface area contributed by atoms with Crippen molar-refractivity contribution >= 4 is 23.2 Å². The highest BCUT2D eigenvalue weighted by atomic mass is 32.1. The first-order valence-corrected chi connectivity index (χ1v) is 8.58. The molecule has 1 unspecified atom stereocenters. The van der Waals surface area contributed by atoms with Gasteiger partial charge in [0.1, 0.15) is 15.7 Å². The molecular formula is C17H18FN3O3S. The topological polar surface area (TPSA) is 85.5 Å². The number of hydrogen-bond donors (Lipinski definition) is 1. The van der Waals surface area contributed by atoms with E-state index in [1.54, 1.807) is 30.9 Å². The fraction of sp³-hybridized carbons (Fsp3) is 0.353. The van der Waals surface area contributed by atoms with E-state index in [0.29, 0.717) is 22.1 Å². The molecule has 2 aromatic rings. The largest absolute Gasteiger partial charge is 0.367 e. The van der Waals surface area contributed by atoms with Crippen LogP contribution in [0.4, 0.5) is 4.39 Å². The van der Waals surface area contributed by atoms with Gasteiger partial charge in [0.05, 0.1) is 18.8 Å². The van der Waals surface area contributed by atoms with Gasteiger partial charge in [0.2, 0.25) is 0 Å². The van der Waals surface area contributed by atoms with Crippen LogP contribution in [-0.4, -0.2) is 47.0 Å². The van der Waals surface area contributed by atoms with Crippen LogP contribution >= 0.6 is 11.3 Å². The number of nitrogens with two attached hydrogens (primary N) is 1. The molecule has 0 bridgehead atoms. The normalized spacial score (nSPS) is 20.5. The van der Waals surface area contributed by atoms with E-state index < -0.39 is 11.5 Å². The van der Waals surface area contributed by atoms with Crippen LogP contribution in [0.3, 0.4) is 0 Å². The molecule has 2 heterocycles. The Kier molecular flexibility index (Phi) is 4.57. The maximum absolute atomic E-state index is 13.1. The molecule has 0 aliphatic carbocycles. The summed E-state index contributed by atoms with van der Waals surface area (Å²) in [5.74, 6) is -1.13. The Balaban J connectivity index is 1.85. The van der Waals surface area contributed by atoms with Gasteiger partial charge in [-0.2, -0.15) is 0 Å². The number of halogens is 1. The average Bonchev–Trinajstić information content (AvgIpc) is 2.96. The summed E-state index contributed by atoms with van der Waals surface area (Å²) in [6.07, 6.45) is 0. The monoisotopic (exact) mass is 363 g/mol. The van der Waals surface area contributed by atoms with Crippen molar-refractivity contribution < 1.29 is 18.7 Å². The van der Waals surface area contributed by atoms with Crippen LogP contribution in [0.25, 0.3) is 10.6 Å². The third-order valence-corrected chi connectivity index (χ3v) is 5.36. The number of aryl methyl sites for hydroxylation is 1. The average molecular weight is 363 g/mol. The summed E-state index contributed by atoms with van der Waals surface area (Å²) in [4.78, 5) is 30.9. The number of morpholine rings is 1. The van der Waals surface area contributed by atoms with Crippen LogP contribution in [0.1, 0.15) is 22.3 Å². The van der Waals surface area contributed by atoms with E-state index in [2.05, 4.69) is 4.98 Å². The molecule has 1 aliphatic rings. The number of thiazole rings is 1. The second kappa shape index (κ2) is 6.53. The van der Waals surface area contributed by atoms with Crippen LogP contribution in [0.5, 0.6) is 0 Å². The predicted octanol–water partition coefficient (Wildman–Crippen LogP) is 1.97. The van der Waals surface area contributed by atoms with Gasteiger partial charge in [0.25, 0.3) is 11.8 Å². The molecular weight excluding hydrogens is 345 g/mol. The number of primary amides is 1. The Bertz CT molecular complexity index is 821. The Morgan fingerprint density at radius 1 is 1.36 bits per heavy atom. The Hall–Kier alpha value is -2.32. The molecule has 132 valence electrons. The zero-order valence-electron chi connectivity index (χ0n) is 13.9. The van der Waals surface area contributed by atoms with Crippen molar-refractivity contribution in [2.75, 3.05) is 19.7 Å². The van der Waals surface area contributed by atoms with Crippen molar-refractivity contribution in [2.24, 2.45) is 5.73 Å². The van der Waals surface area contributed by atoms with E-state index in [1.165, 1.54) is 23.5 Å². The summed E-state index contributed by atoms with van der Waals surface area (Å²) in [5, 5.41) is 0.645. The maximum atomic E-state index is 13.1. The zero-order valence-corrected chi connectivity index (χ0v) is 14.7. The molecule has 1 fully saturated rings. The van der Waals surface area contributed by atoms with E-state index in [4.69, 9.17) is 10.5 Å². The lowest BCUT2D eigenvalue weighted by atomic mass is 10.0. The molecule has 3 rings (SSSR count). The van der Waals surface area contributed by atoms with Crippen LogP contribution in [0.15, 0.2) is 24.3 Å². The quantitative estimate of drug-likeness (QED) is 0.903. The van der Waals surface area contributed by atoms with E-state index in [-0.39, 0.29) is 24.9 Å². The molecule has 2 amide bonds. The van der Waals surface area contributed by atoms with E-state index in [0.717, 1.165) is 5.56 Å². The summed E-state index contributed by atoms with van der Waals surface area (Å²) in [5.41, 5.74) is 5.54. The van der Waals surface area contributed by atoms with E-state index >= 15 is 0 Å². The summed E-state index contributed by atoms with van der Waals surface area (Å²) >= 11 is 1.25. The van der Waals surface area contributed by atoms with Gasteiger partial charge in [0.15, 0.2) is 5.60 Å². The Morgan fingerprint density at radius 2 is 2.04 bits per heavy atom. The highest BCUT2D eigenvalue weighted by Crippen LogP contribution is 2.30. The minimum Gasteiger partial charge on any atom is -0.367 e. The van der Waals surface area contributed by atoms with Gasteiger partial charge in [-0.25, -0.2) is 9.37 Å². The lowest BCUT2D eigenvalue weighted by molar-refractivity contribution is -0.150. The molecule has 0 spiro atoms. The molecule has 0 radical (unpaired) electrons. The number of hydrogen-bond acceptors (Lipinski definition) is 5. The Labute approximate surface area is 148 Å². The van der Waals surface area contributed by atoms with Gasteiger partial charge >= 0.3 is 0 Å². The van der Waals surface area contributed by atoms with Crippen molar-refractivity contribution in [2.45, 2.75) is 19.4 Å². The molecule has 8 heteroatoms. The Morgan fingerprint density at radius 3 is 2.68 bits per heavy atom. The van der Waals surface area contributed by atoms with Crippen molar-refractivity contribution in [3.63, 3.8) is 0 Å². The molecule has 1 aromatic heterocycles. The van der Waals surface area contributed by atoms with Gasteiger partial charge in [-0.05, 0) is 38.1 Å². The van der Waals surface area contributed by atoms with Crippen LogP contribution in [0.2, 0.25) is 0 Å². The standard InChI is InChI=1S/C17H18FN3O3S/c1-10-13(25-14(20-10)11-3-5-12(18)6-4-11)15(22)21-7-8-24-17(2,9-21)16(19)23/h3-6H,7-9H2,1-2H3,(H2,19,23). The van der Waals surface area contributed by atoms with Crippen molar-refractivity contribution in [3.05, 3.63) is 40.7 Å². The number of carbonyl (C=O) groups excluding carboxylic acids is 2. The van der Waals surface area contributed by atoms with Crippen molar-refractivity contribution in [3.8, 4) is 10.6 Å². The van der Waals surface area contributed by atoms with Gasteiger partial charge in [-0.15, -0.1) is 11.3 Å². The zero-order chi connectivity index (χ0) is 18.2. The minimum atomic E-state index is -1.19. The third-order valence-electron chi connectivity index (χ3n) is 4.16. The van der Waals surface area contributed by atoms with Crippen molar-refractivity contribution in [1.29, 1.82) is 0 Å². The first-order valence-electron chi connectivity index (χ1n) is 7.77. The van der Waals surface area contributed by atoms with E-state index in [9.17, 15) is 14.0 Å². The number of amides is 2. The van der Waals surface area contributed by atoms with E-state index in [1.807, 2.05) is 0 Å². The van der Waals surface area contributed by atoms with Crippen LogP contribution < -0.4 is 5.73 Å². The smallest absolute Gasteiger partial charge is 0.266 e.